The van der Waals surface area contributed by atoms with Crippen LogP contribution in [0.4, 0.5) is 5.69 Å². The number of anilines is 1. The molecule has 3 rings (SSSR count). The lowest BCUT2D eigenvalue weighted by Crippen LogP contribution is -2.52. The summed E-state index contributed by atoms with van der Waals surface area (Å²) in [5.41, 5.74) is 2.00. The Bertz CT molecular complexity index is 1300. The molecule has 0 fully saturated rings. The minimum absolute atomic E-state index is 0.0926. The van der Waals surface area contributed by atoms with Crippen LogP contribution in [0.3, 0.4) is 0 Å². The molecule has 0 aliphatic heterocycles. The SMILES string of the molecule is CCCCNC(=O)[C@@H](CC)N(Cc1ccccc1)C(=O)CN(c1ccccc1C)S(=O)(=O)c1ccccc1. The molecule has 2 amide bonds. The molecule has 8 heteroatoms. The molecule has 3 aromatic rings. The van der Waals surface area contributed by atoms with Crippen LogP contribution in [-0.4, -0.2) is 44.3 Å². The number of nitrogens with zero attached hydrogens (tertiary/aromatic N) is 2. The molecule has 0 aliphatic carbocycles. The lowest BCUT2D eigenvalue weighted by Gasteiger charge is -2.33. The van der Waals surface area contributed by atoms with Crippen molar-refractivity contribution in [2.45, 2.75) is 57.5 Å². The quantitative estimate of drug-likeness (QED) is 0.315. The number of nitrogens with one attached hydrogen (secondary N) is 1. The molecule has 1 N–H and O–H groups in total. The lowest BCUT2D eigenvalue weighted by molar-refractivity contribution is -0.140. The smallest absolute Gasteiger partial charge is 0.264 e. The number of aryl methyl sites for hydroxylation is 1. The molecule has 0 radical (unpaired) electrons. The van der Waals surface area contributed by atoms with Crippen LogP contribution >= 0.6 is 0 Å². The summed E-state index contributed by atoms with van der Waals surface area (Å²) in [7, 11) is -4.06. The third-order valence-corrected chi connectivity index (χ3v) is 8.18. The largest absolute Gasteiger partial charge is 0.354 e. The van der Waals surface area contributed by atoms with Gasteiger partial charge >= 0.3 is 0 Å². The number of carbonyl (C=O) groups is 2. The third kappa shape index (κ3) is 7.22. The van der Waals surface area contributed by atoms with Crippen LogP contribution in [0, 0.1) is 6.92 Å². The first-order chi connectivity index (χ1) is 18.3. The Morgan fingerprint density at radius 1 is 0.868 bits per heavy atom. The highest BCUT2D eigenvalue weighted by Crippen LogP contribution is 2.27. The van der Waals surface area contributed by atoms with Crippen molar-refractivity contribution in [1.29, 1.82) is 0 Å². The average molecular weight is 536 g/mol. The van der Waals surface area contributed by atoms with Crippen molar-refractivity contribution in [1.82, 2.24) is 10.2 Å². The number of sulfonamides is 1. The number of hydrogen-bond donors (Lipinski definition) is 1. The molecule has 0 saturated carbocycles. The molecule has 202 valence electrons. The zero-order valence-corrected chi connectivity index (χ0v) is 23.2. The zero-order valence-electron chi connectivity index (χ0n) is 22.3. The Hall–Kier alpha value is -3.65. The highest BCUT2D eigenvalue weighted by Gasteiger charge is 2.33. The third-order valence-electron chi connectivity index (χ3n) is 6.41. The van der Waals surface area contributed by atoms with E-state index in [0.717, 1.165) is 28.3 Å². The van der Waals surface area contributed by atoms with Crippen LogP contribution in [0.2, 0.25) is 0 Å². The Labute approximate surface area is 226 Å². The Morgan fingerprint density at radius 3 is 2.08 bits per heavy atom. The number of rotatable bonds is 13. The summed E-state index contributed by atoms with van der Waals surface area (Å²) < 4.78 is 28.8. The summed E-state index contributed by atoms with van der Waals surface area (Å²) in [5, 5.41) is 2.94. The van der Waals surface area contributed by atoms with Crippen LogP contribution < -0.4 is 9.62 Å². The highest BCUT2D eigenvalue weighted by molar-refractivity contribution is 7.92. The molecule has 0 saturated heterocycles. The fraction of sp³-hybridized carbons (Fsp3) is 0.333. The monoisotopic (exact) mass is 535 g/mol. The predicted octanol–water partition coefficient (Wildman–Crippen LogP) is 4.91. The summed E-state index contributed by atoms with van der Waals surface area (Å²) in [6.07, 6.45) is 2.17. The Balaban J connectivity index is 2.02. The summed E-state index contributed by atoms with van der Waals surface area (Å²) in [5.74, 6) is -0.687. The summed E-state index contributed by atoms with van der Waals surface area (Å²) >= 11 is 0. The number of para-hydroxylation sites is 1. The van der Waals surface area contributed by atoms with E-state index in [1.54, 1.807) is 30.3 Å². The second kappa shape index (κ2) is 13.8. The normalized spacial score (nSPS) is 12.0. The fourth-order valence-corrected chi connectivity index (χ4v) is 5.78. The van der Waals surface area contributed by atoms with Gasteiger partial charge in [0.05, 0.1) is 10.6 Å². The molecular formula is C30H37N3O4S. The van der Waals surface area contributed by atoms with E-state index < -0.39 is 28.5 Å². The average Bonchev–Trinajstić information content (AvgIpc) is 2.93. The molecule has 0 unspecified atom stereocenters. The molecule has 0 aromatic heterocycles. The van der Waals surface area contributed by atoms with E-state index in [4.69, 9.17) is 0 Å². The first-order valence-corrected chi connectivity index (χ1v) is 14.5. The minimum Gasteiger partial charge on any atom is -0.354 e. The Morgan fingerprint density at radius 2 is 1.47 bits per heavy atom. The number of amides is 2. The maximum Gasteiger partial charge on any atom is 0.264 e. The van der Waals surface area contributed by atoms with Gasteiger partial charge in [0.2, 0.25) is 11.8 Å². The number of benzene rings is 3. The van der Waals surface area contributed by atoms with Gasteiger partial charge < -0.3 is 10.2 Å². The molecule has 3 aromatic carbocycles. The summed E-state index contributed by atoms with van der Waals surface area (Å²) in [6.45, 7) is 5.99. The van der Waals surface area contributed by atoms with Gasteiger partial charge in [-0.2, -0.15) is 0 Å². The summed E-state index contributed by atoms with van der Waals surface area (Å²) in [6, 6.07) is 23.8. The first-order valence-electron chi connectivity index (χ1n) is 13.0. The molecule has 7 nitrogen and oxygen atoms in total. The van der Waals surface area contributed by atoms with Gasteiger partial charge in [0.1, 0.15) is 12.6 Å². The van der Waals surface area contributed by atoms with Crippen LogP contribution in [0.25, 0.3) is 0 Å². The van der Waals surface area contributed by atoms with E-state index in [9.17, 15) is 18.0 Å². The molecule has 0 bridgehead atoms. The van der Waals surface area contributed by atoms with Crippen molar-refractivity contribution in [2.24, 2.45) is 0 Å². The highest BCUT2D eigenvalue weighted by atomic mass is 32.2. The van der Waals surface area contributed by atoms with Crippen molar-refractivity contribution in [3.05, 3.63) is 96.1 Å². The second-order valence-corrected chi connectivity index (χ2v) is 11.0. The van der Waals surface area contributed by atoms with E-state index in [-0.39, 0.29) is 17.3 Å². The van der Waals surface area contributed by atoms with Crippen LogP contribution in [0.1, 0.15) is 44.2 Å². The van der Waals surface area contributed by atoms with Gasteiger partial charge in [0.15, 0.2) is 0 Å². The topological polar surface area (TPSA) is 86.8 Å². The van der Waals surface area contributed by atoms with Crippen molar-refractivity contribution >= 4 is 27.5 Å². The van der Waals surface area contributed by atoms with Gasteiger partial charge in [0.25, 0.3) is 10.0 Å². The van der Waals surface area contributed by atoms with Gasteiger partial charge in [-0.3, -0.25) is 13.9 Å². The summed E-state index contributed by atoms with van der Waals surface area (Å²) in [4.78, 5) is 28.8. The van der Waals surface area contributed by atoms with Gasteiger partial charge in [-0.15, -0.1) is 0 Å². The van der Waals surface area contributed by atoms with Gasteiger partial charge in [-0.25, -0.2) is 8.42 Å². The maximum absolute atomic E-state index is 14.0. The van der Waals surface area contributed by atoms with Crippen molar-refractivity contribution in [3.8, 4) is 0 Å². The van der Waals surface area contributed by atoms with Gasteiger partial charge in [-0.1, -0.05) is 87.0 Å². The van der Waals surface area contributed by atoms with E-state index in [2.05, 4.69) is 5.32 Å². The van der Waals surface area contributed by atoms with Gasteiger partial charge in [0, 0.05) is 13.1 Å². The number of unbranched alkanes of at least 4 members (excludes halogenated alkanes) is 1. The maximum atomic E-state index is 14.0. The van der Waals surface area contributed by atoms with Crippen LogP contribution in [-0.2, 0) is 26.2 Å². The van der Waals surface area contributed by atoms with Crippen molar-refractivity contribution in [2.75, 3.05) is 17.4 Å². The second-order valence-electron chi connectivity index (χ2n) is 9.19. The minimum atomic E-state index is -4.06. The zero-order chi connectivity index (χ0) is 27.5. The molecular weight excluding hydrogens is 498 g/mol. The van der Waals surface area contributed by atoms with Crippen molar-refractivity contribution < 1.29 is 18.0 Å². The van der Waals surface area contributed by atoms with Crippen LogP contribution in [0.5, 0.6) is 0 Å². The van der Waals surface area contributed by atoms with Gasteiger partial charge in [-0.05, 0) is 49.1 Å². The fourth-order valence-electron chi connectivity index (χ4n) is 4.28. The van der Waals surface area contributed by atoms with E-state index >= 15 is 0 Å². The molecule has 0 aliphatic rings. The molecule has 1 atom stereocenters. The lowest BCUT2D eigenvalue weighted by atomic mass is 10.1. The molecule has 38 heavy (non-hydrogen) atoms. The predicted molar refractivity (Wildman–Crippen MR) is 151 cm³/mol. The number of carbonyl (C=O) groups excluding carboxylic acids is 2. The number of hydrogen-bond acceptors (Lipinski definition) is 4. The van der Waals surface area contributed by atoms with Crippen LogP contribution in [0.15, 0.2) is 89.8 Å². The van der Waals surface area contributed by atoms with E-state index in [1.807, 2.05) is 63.2 Å². The molecule has 0 spiro atoms. The van der Waals surface area contributed by atoms with E-state index in [0.29, 0.717) is 18.7 Å². The molecule has 0 heterocycles. The Kier molecular flexibility index (Phi) is 10.5. The standard InChI is InChI=1S/C30H37N3O4S/c1-4-6-21-31-30(35)27(5-2)32(22-25-16-9-7-10-17-25)29(34)23-33(28-20-14-13-15-24(28)3)38(36,37)26-18-11-8-12-19-26/h7-20,27H,4-6,21-23H2,1-3H3,(H,31,35)/t27-/m1/s1. The van der Waals surface area contributed by atoms with E-state index in [1.165, 1.54) is 17.0 Å². The first kappa shape index (κ1) is 28.9. The van der Waals surface area contributed by atoms with Crippen molar-refractivity contribution in [3.63, 3.8) is 0 Å².